The molecule has 0 fully saturated rings. The molecule has 0 aliphatic carbocycles. The largest absolute Gasteiger partial charge is 0.507 e. The summed E-state index contributed by atoms with van der Waals surface area (Å²) in [7, 11) is 0. The minimum atomic E-state index is -0.578. The molecule has 0 saturated carbocycles. The van der Waals surface area contributed by atoms with E-state index in [1.807, 2.05) is 39.8 Å². The van der Waals surface area contributed by atoms with Crippen LogP contribution in [0.2, 0.25) is 0 Å². The predicted octanol–water partition coefficient (Wildman–Crippen LogP) is 6.55. The highest BCUT2D eigenvalue weighted by molar-refractivity contribution is 5.85. The first-order valence-electron chi connectivity index (χ1n) is 12.1. The monoisotopic (exact) mass is 468 g/mol. The summed E-state index contributed by atoms with van der Waals surface area (Å²) in [5, 5.41) is 20.8. The first-order chi connectivity index (χ1) is 16.1. The van der Waals surface area contributed by atoms with E-state index in [0.717, 1.165) is 25.7 Å². The van der Waals surface area contributed by atoms with Crippen molar-refractivity contribution in [3.8, 4) is 23.0 Å². The number of benzene rings is 2. The molecular formula is C28H40N2O4. The second-order valence-corrected chi connectivity index (χ2v) is 9.48. The second kappa shape index (κ2) is 12.4. The second-order valence-electron chi connectivity index (χ2n) is 9.48. The van der Waals surface area contributed by atoms with E-state index in [4.69, 9.17) is 19.5 Å². The van der Waals surface area contributed by atoms with Crippen LogP contribution < -0.4 is 9.47 Å². The lowest BCUT2D eigenvalue weighted by Crippen LogP contribution is -2.42. The Morgan fingerprint density at radius 3 is 1.41 bits per heavy atom. The topological polar surface area (TPSA) is 83.6 Å². The highest BCUT2D eigenvalue weighted by Crippen LogP contribution is 2.31. The molecule has 2 N–H and O–H groups in total. The normalized spacial score (nSPS) is 12.5. The molecule has 6 heteroatoms. The van der Waals surface area contributed by atoms with Crippen molar-refractivity contribution in [2.45, 2.75) is 78.3 Å². The molecule has 0 spiro atoms. The molecule has 0 saturated heterocycles. The van der Waals surface area contributed by atoms with Crippen LogP contribution in [0.25, 0.3) is 0 Å². The number of unbranched alkanes of at least 4 members (excludes halogenated alkanes) is 2. The van der Waals surface area contributed by atoms with Gasteiger partial charge in [-0.05, 0) is 64.8 Å². The Morgan fingerprint density at radius 1 is 0.706 bits per heavy atom. The summed E-state index contributed by atoms with van der Waals surface area (Å²) in [4.78, 5) is 9.46. The Morgan fingerprint density at radius 2 is 1.09 bits per heavy atom. The molecule has 0 radical (unpaired) electrons. The van der Waals surface area contributed by atoms with Gasteiger partial charge in [0.1, 0.15) is 23.0 Å². The van der Waals surface area contributed by atoms with Crippen LogP contribution >= 0.6 is 0 Å². The molecule has 2 rings (SSSR count). The molecular weight excluding hydrogens is 428 g/mol. The van der Waals surface area contributed by atoms with Crippen molar-refractivity contribution in [3.05, 3.63) is 47.5 Å². The molecule has 2 aromatic carbocycles. The standard InChI is InChI=1S/C28H40N2O4/c1-7-9-15-33-23-13-11-21(25(31)17-23)19-29-27(3,4)28(5,6)30-20-22-12-14-24(18-26(22)32)34-16-10-8-2/h11-14,17-20,31-32H,7-10,15-16H2,1-6H3. The maximum Gasteiger partial charge on any atom is 0.128 e. The molecule has 0 aliphatic heterocycles. The molecule has 186 valence electrons. The van der Waals surface area contributed by atoms with Crippen LogP contribution in [0.3, 0.4) is 0 Å². The summed E-state index contributed by atoms with van der Waals surface area (Å²) in [5.74, 6) is 1.55. The Hall–Kier alpha value is -3.02. The maximum atomic E-state index is 10.4. The van der Waals surface area contributed by atoms with Gasteiger partial charge in [0.15, 0.2) is 0 Å². The third-order valence-corrected chi connectivity index (χ3v) is 6.09. The van der Waals surface area contributed by atoms with Crippen molar-refractivity contribution in [2.24, 2.45) is 9.98 Å². The predicted molar refractivity (Wildman–Crippen MR) is 140 cm³/mol. The van der Waals surface area contributed by atoms with Crippen molar-refractivity contribution < 1.29 is 19.7 Å². The molecule has 0 bridgehead atoms. The third-order valence-electron chi connectivity index (χ3n) is 6.09. The highest BCUT2D eigenvalue weighted by Gasteiger charge is 2.35. The number of aromatic hydroxyl groups is 2. The Labute approximate surface area is 204 Å². The number of phenols is 2. The van der Waals surface area contributed by atoms with Crippen molar-refractivity contribution in [1.29, 1.82) is 0 Å². The minimum absolute atomic E-state index is 0.126. The van der Waals surface area contributed by atoms with Gasteiger partial charge >= 0.3 is 0 Å². The number of phenolic OH excluding ortho intramolecular Hbond substituents is 2. The van der Waals surface area contributed by atoms with Gasteiger partial charge in [0, 0.05) is 35.7 Å². The Kier molecular flexibility index (Phi) is 9.97. The molecule has 2 aromatic rings. The average Bonchev–Trinajstić information content (AvgIpc) is 2.78. The van der Waals surface area contributed by atoms with Crippen LogP contribution in [0.1, 0.15) is 78.4 Å². The zero-order valence-corrected chi connectivity index (χ0v) is 21.5. The van der Waals surface area contributed by atoms with E-state index in [0.29, 0.717) is 35.8 Å². The summed E-state index contributed by atoms with van der Waals surface area (Å²) in [6.45, 7) is 13.4. The van der Waals surface area contributed by atoms with E-state index in [9.17, 15) is 10.2 Å². The highest BCUT2D eigenvalue weighted by atomic mass is 16.5. The summed E-state index contributed by atoms with van der Waals surface area (Å²) in [5.41, 5.74) is 0.0786. The van der Waals surface area contributed by atoms with E-state index in [2.05, 4.69) is 13.8 Å². The lowest BCUT2D eigenvalue weighted by molar-refractivity contribution is 0.307. The summed E-state index contributed by atoms with van der Waals surface area (Å²) >= 11 is 0. The van der Waals surface area contributed by atoms with Gasteiger partial charge in [0.25, 0.3) is 0 Å². The summed E-state index contributed by atoms with van der Waals surface area (Å²) in [6.07, 6.45) is 7.40. The fourth-order valence-electron chi connectivity index (χ4n) is 2.89. The van der Waals surface area contributed by atoms with Crippen molar-refractivity contribution in [2.75, 3.05) is 13.2 Å². The first-order valence-corrected chi connectivity index (χ1v) is 12.1. The molecule has 0 atom stereocenters. The van der Waals surface area contributed by atoms with E-state index < -0.39 is 11.1 Å². The van der Waals surface area contributed by atoms with Gasteiger partial charge in [-0.15, -0.1) is 0 Å². The fourth-order valence-corrected chi connectivity index (χ4v) is 2.89. The molecule has 0 aromatic heterocycles. The molecule has 6 nitrogen and oxygen atoms in total. The Bertz CT molecular complexity index is 901. The molecule has 0 amide bonds. The Balaban J connectivity index is 2.10. The van der Waals surface area contributed by atoms with Crippen LogP contribution in [-0.4, -0.2) is 46.9 Å². The van der Waals surface area contributed by atoms with Gasteiger partial charge in [-0.1, -0.05) is 26.7 Å². The van der Waals surface area contributed by atoms with Gasteiger partial charge in [-0.2, -0.15) is 0 Å². The first kappa shape index (κ1) is 27.2. The molecule has 0 aliphatic rings. The van der Waals surface area contributed by atoms with Crippen LogP contribution in [0.4, 0.5) is 0 Å². The average molecular weight is 469 g/mol. The van der Waals surface area contributed by atoms with E-state index in [1.54, 1.807) is 36.7 Å². The lowest BCUT2D eigenvalue weighted by Gasteiger charge is -2.35. The van der Waals surface area contributed by atoms with Crippen LogP contribution in [0.5, 0.6) is 23.0 Å². The van der Waals surface area contributed by atoms with Crippen LogP contribution in [-0.2, 0) is 0 Å². The smallest absolute Gasteiger partial charge is 0.128 e. The summed E-state index contributed by atoms with van der Waals surface area (Å²) < 4.78 is 11.3. The van der Waals surface area contributed by atoms with Crippen LogP contribution in [0.15, 0.2) is 46.4 Å². The fraction of sp³-hybridized carbons (Fsp3) is 0.500. The molecule has 34 heavy (non-hydrogen) atoms. The van der Waals surface area contributed by atoms with Gasteiger partial charge < -0.3 is 19.7 Å². The molecule has 0 heterocycles. The third kappa shape index (κ3) is 7.79. The number of rotatable bonds is 13. The lowest BCUT2D eigenvalue weighted by atomic mass is 9.83. The maximum absolute atomic E-state index is 10.4. The zero-order valence-electron chi connectivity index (χ0n) is 21.5. The minimum Gasteiger partial charge on any atom is -0.507 e. The number of hydrogen-bond acceptors (Lipinski definition) is 6. The van der Waals surface area contributed by atoms with Crippen molar-refractivity contribution >= 4 is 12.4 Å². The number of hydrogen-bond donors (Lipinski definition) is 2. The number of nitrogens with zero attached hydrogens (tertiary/aromatic N) is 2. The van der Waals surface area contributed by atoms with Crippen molar-refractivity contribution in [3.63, 3.8) is 0 Å². The van der Waals surface area contributed by atoms with Crippen molar-refractivity contribution in [1.82, 2.24) is 0 Å². The summed E-state index contributed by atoms with van der Waals surface area (Å²) in [6, 6.07) is 10.5. The van der Waals surface area contributed by atoms with Gasteiger partial charge in [-0.3, -0.25) is 9.98 Å². The molecule has 0 unspecified atom stereocenters. The zero-order chi connectivity index (χ0) is 25.2. The SMILES string of the molecule is CCCCOc1ccc(C=NC(C)(C)C(C)(C)N=Cc2ccc(OCCCC)cc2O)c(O)c1. The van der Waals surface area contributed by atoms with Crippen LogP contribution in [0, 0.1) is 0 Å². The van der Waals surface area contributed by atoms with Gasteiger partial charge in [0.05, 0.1) is 24.3 Å². The van der Waals surface area contributed by atoms with Gasteiger partial charge in [-0.25, -0.2) is 0 Å². The van der Waals surface area contributed by atoms with Gasteiger partial charge in [0.2, 0.25) is 0 Å². The van der Waals surface area contributed by atoms with E-state index >= 15 is 0 Å². The quantitative estimate of drug-likeness (QED) is 0.258. The van der Waals surface area contributed by atoms with E-state index in [-0.39, 0.29) is 11.5 Å². The van der Waals surface area contributed by atoms with E-state index in [1.165, 1.54) is 0 Å². The number of aliphatic imine (C=N–C) groups is 2. The number of ether oxygens (including phenoxy) is 2.